The Morgan fingerprint density at radius 3 is 1.40 bits per heavy atom. The smallest absolute Gasteiger partial charge is 0.0732 e. The summed E-state index contributed by atoms with van der Waals surface area (Å²) in [6.45, 7) is 0. The van der Waals surface area contributed by atoms with Gasteiger partial charge in [-0.25, -0.2) is 0 Å². The van der Waals surface area contributed by atoms with Gasteiger partial charge in [0.1, 0.15) is 0 Å². The summed E-state index contributed by atoms with van der Waals surface area (Å²) in [6, 6.07) is 1.30. The van der Waals surface area contributed by atoms with Crippen LogP contribution in [0.25, 0.3) is 0 Å². The summed E-state index contributed by atoms with van der Waals surface area (Å²) in [7, 11) is 0. The van der Waals surface area contributed by atoms with Gasteiger partial charge in [0, 0.05) is 12.1 Å². The van der Waals surface area contributed by atoms with Crippen molar-refractivity contribution in [2.24, 2.45) is 0 Å². The summed E-state index contributed by atoms with van der Waals surface area (Å²) in [4.78, 5) is 0. The van der Waals surface area contributed by atoms with E-state index in [9.17, 15) is 0 Å². The molecule has 0 aromatic rings. The van der Waals surface area contributed by atoms with Gasteiger partial charge in [0.25, 0.3) is 0 Å². The molecule has 4 unspecified atom stereocenters. The summed E-state index contributed by atoms with van der Waals surface area (Å²) in [5.41, 5.74) is 0. The highest BCUT2D eigenvalue weighted by Crippen LogP contribution is 2.30. The lowest BCUT2D eigenvalue weighted by Gasteiger charge is -2.43. The Bertz CT molecular complexity index is 229. The van der Waals surface area contributed by atoms with Gasteiger partial charge in [-0.1, -0.05) is 64.2 Å². The molecule has 4 atom stereocenters. The van der Waals surface area contributed by atoms with Crippen LogP contribution < -0.4 is 5.32 Å². The van der Waals surface area contributed by atoms with Crippen molar-refractivity contribution < 1.29 is 4.74 Å². The average molecular weight is 279 g/mol. The zero-order chi connectivity index (χ0) is 13.6. The molecule has 2 nitrogen and oxygen atoms in total. The van der Waals surface area contributed by atoms with Crippen LogP contribution in [0.5, 0.6) is 0 Å². The first kappa shape index (κ1) is 14.8. The predicted molar refractivity (Wildman–Crippen MR) is 84.0 cm³/mol. The molecular weight excluding hydrogens is 246 g/mol. The number of ether oxygens (including phenoxy) is 1. The minimum atomic E-state index is 0.509. The summed E-state index contributed by atoms with van der Waals surface area (Å²) < 4.78 is 6.61. The van der Waals surface area contributed by atoms with E-state index in [1.807, 2.05) is 0 Å². The quantitative estimate of drug-likeness (QED) is 0.701. The molecule has 116 valence electrons. The highest BCUT2D eigenvalue weighted by molar-refractivity contribution is 4.92. The van der Waals surface area contributed by atoms with Gasteiger partial charge in [-0.2, -0.15) is 0 Å². The lowest BCUT2D eigenvalue weighted by atomic mass is 9.92. The Morgan fingerprint density at radius 2 is 0.900 bits per heavy atom. The predicted octanol–water partition coefficient (Wildman–Crippen LogP) is 4.57. The average Bonchev–Trinajstić information content (AvgIpc) is 2.64. The summed E-state index contributed by atoms with van der Waals surface area (Å²) in [5.74, 6) is 0. The minimum Gasteiger partial charge on any atom is -0.372 e. The molecule has 0 spiro atoms. The number of morpholine rings is 1. The molecule has 0 aromatic carbocycles. The van der Waals surface area contributed by atoms with E-state index in [4.69, 9.17) is 4.74 Å². The molecule has 2 aliphatic carbocycles. The van der Waals surface area contributed by atoms with Gasteiger partial charge in [-0.15, -0.1) is 0 Å². The molecule has 2 heteroatoms. The highest BCUT2D eigenvalue weighted by atomic mass is 16.5. The standard InChI is InChI=1S/C18H33NO/c1-3-7-11-15-17(13-9-5-1)20-18-14-10-6-2-4-8-12-16(18)19-15/h15-19H,1-14H2. The maximum absolute atomic E-state index is 6.61. The largest absolute Gasteiger partial charge is 0.372 e. The van der Waals surface area contributed by atoms with Gasteiger partial charge in [0.15, 0.2) is 0 Å². The molecule has 20 heavy (non-hydrogen) atoms. The fraction of sp³-hybridized carbons (Fsp3) is 1.00. The third-order valence-corrected chi connectivity index (χ3v) is 5.68. The molecular formula is C18H33NO. The van der Waals surface area contributed by atoms with Crippen molar-refractivity contribution in [2.75, 3.05) is 0 Å². The maximum atomic E-state index is 6.61. The van der Waals surface area contributed by atoms with E-state index in [-0.39, 0.29) is 0 Å². The Kier molecular flexibility index (Phi) is 5.78. The second kappa shape index (κ2) is 7.79. The van der Waals surface area contributed by atoms with Crippen LogP contribution in [0.2, 0.25) is 0 Å². The van der Waals surface area contributed by atoms with Crippen LogP contribution in [0.4, 0.5) is 0 Å². The topological polar surface area (TPSA) is 21.3 Å². The van der Waals surface area contributed by atoms with Crippen LogP contribution in [0.3, 0.4) is 0 Å². The Hall–Kier alpha value is -0.0800. The molecule has 0 bridgehead atoms. The Morgan fingerprint density at radius 1 is 0.500 bits per heavy atom. The van der Waals surface area contributed by atoms with E-state index in [0.29, 0.717) is 24.3 Å². The van der Waals surface area contributed by atoms with Gasteiger partial charge in [0.2, 0.25) is 0 Å². The fourth-order valence-electron chi connectivity index (χ4n) is 4.46. The number of fused-ring (bicyclic) bond motifs is 2. The second-order valence-electron chi connectivity index (χ2n) is 7.28. The molecule has 0 radical (unpaired) electrons. The molecule has 3 fully saturated rings. The lowest BCUT2D eigenvalue weighted by molar-refractivity contribution is -0.0973. The van der Waals surface area contributed by atoms with Crippen molar-refractivity contribution in [3.8, 4) is 0 Å². The van der Waals surface area contributed by atoms with Crippen LogP contribution in [-0.4, -0.2) is 24.3 Å². The van der Waals surface area contributed by atoms with Crippen LogP contribution in [-0.2, 0) is 4.74 Å². The van der Waals surface area contributed by atoms with E-state index in [1.165, 1.54) is 89.9 Å². The molecule has 1 aliphatic heterocycles. The van der Waals surface area contributed by atoms with Crippen LogP contribution in [0.1, 0.15) is 89.9 Å². The molecule has 3 aliphatic rings. The van der Waals surface area contributed by atoms with E-state index in [2.05, 4.69) is 5.32 Å². The molecule has 1 N–H and O–H groups in total. The summed E-state index contributed by atoms with van der Waals surface area (Å²) >= 11 is 0. The molecule has 0 amide bonds. The first-order chi connectivity index (χ1) is 9.93. The van der Waals surface area contributed by atoms with E-state index >= 15 is 0 Å². The van der Waals surface area contributed by atoms with E-state index < -0.39 is 0 Å². The summed E-state index contributed by atoms with van der Waals surface area (Å²) in [5, 5.41) is 4.02. The van der Waals surface area contributed by atoms with E-state index in [1.54, 1.807) is 0 Å². The van der Waals surface area contributed by atoms with Gasteiger partial charge in [-0.05, 0) is 25.7 Å². The number of hydrogen-bond donors (Lipinski definition) is 1. The molecule has 0 aromatic heterocycles. The molecule has 1 heterocycles. The van der Waals surface area contributed by atoms with Crippen molar-refractivity contribution in [1.82, 2.24) is 5.32 Å². The summed E-state index contributed by atoms with van der Waals surface area (Å²) in [6.07, 6.45) is 20.4. The van der Waals surface area contributed by atoms with Crippen LogP contribution >= 0.6 is 0 Å². The van der Waals surface area contributed by atoms with Crippen LogP contribution in [0, 0.1) is 0 Å². The minimum absolute atomic E-state index is 0.509. The van der Waals surface area contributed by atoms with Crippen molar-refractivity contribution >= 4 is 0 Å². The highest BCUT2D eigenvalue weighted by Gasteiger charge is 2.36. The molecule has 3 rings (SSSR count). The molecule has 2 saturated carbocycles. The first-order valence-corrected chi connectivity index (χ1v) is 9.35. The lowest BCUT2D eigenvalue weighted by Crippen LogP contribution is -2.58. The van der Waals surface area contributed by atoms with Gasteiger partial charge < -0.3 is 10.1 Å². The van der Waals surface area contributed by atoms with Crippen molar-refractivity contribution in [1.29, 1.82) is 0 Å². The Labute approximate surface area is 125 Å². The normalized spacial score (nSPS) is 40.8. The molecule has 1 saturated heterocycles. The van der Waals surface area contributed by atoms with Crippen molar-refractivity contribution in [3.63, 3.8) is 0 Å². The monoisotopic (exact) mass is 279 g/mol. The Balaban J connectivity index is 1.63. The van der Waals surface area contributed by atoms with Gasteiger partial charge in [0.05, 0.1) is 12.2 Å². The van der Waals surface area contributed by atoms with Gasteiger partial charge >= 0.3 is 0 Å². The second-order valence-corrected chi connectivity index (χ2v) is 7.28. The fourth-order valence-corrected chi connectivity index (χ4v) is 4.46. The zero-order valence-electron chi connectivity index (χ0n) is 13.1. The van der Waals surface area contributed by atoms with Gasteiger partial charge in [-0.3, -0.25) is 0 Å². The van der Waals surface area contributed by atoms with Crippen LogP contribution in [0.15, 0.2) is 0 Å². The number of rotatable bonds is 0. The SMILES string of the molecule is C1CCCC2NC3CCCCCCCC3OC2CCC1. The van der Waals surface area contributed by atoms with Crippen molar-refractivity contribution in [3.05, 3.63) is 0 Å². The third kappa shape index (κ3) is 3.98. The number of nitrogens with one attached hydrogen (secondary N) is 1. The van der Waals surface area contributed by atoms with Crippen molar-refractivity contribution in [2.45, 2.75) is 114 Å². The number of hydrogen-bond acceptors (Lipinski definition) is 2. The third-order valence-electron chi connectivity index (χ3n) is 5.68. The first-order valence-electron chi connectivity index (χ1n) is 9.35. The maximum Gasteiger partial charge on any atom is 0.0732 e. The zero-order valence-corrected chi connectivity index (χ0v) is 13.1. The van der Waals surface area contributed by atoms with E-state index in [0.717, 1.165) is 0 Å².